The number of fused-ring (bicyclic) bond motifs is 1. The second-order valence-electron chi connectivity index (χ2n) is 7.20. The molecule has 0 unspecified atom stereocenters. The zero-order valence-corrected chi connectivity index (χ0v) is 17.8. The maximum atomic E-state index is 12.3. The molecule has 0 saturated heterocycles. The molecule has 4 aromatic rings. The molecule has 0 aliphatic carbocycles. The molecule has 1 aromatic heterocycles. The van der Waals surface area contributed by atoms with Crippen molar-refractivity contribution >= 4 is 33.1 Å². The van der Waals surface area contributed by atoms with Crippen LogP contribution in [-0.4, -0.2) is 43.0 Å². The minimum atomic E-state index is -0.120. The second kappa shape index (κ2) is 9.07. The molecule has 1 heterocycles. The third kappa shape index (κ3) is 4.84. The van der Waals surface area contributed by atoms with Crippen molar-refractivity contribution in [1.29, 1.82) is 0 Å². The Morgan fingerprint density at radius 3 is 2.53 bits per heavy atom. The van der Waals surface area contributed by atoms with E-state index in [1.165, 1.54) is 0 Å². The van der Waals surface area contributed by atoms with E-state index in [2.05, 4.69) is 10.2 Å². The first kappa shape index (κ1) is 20.1. The van der Waals surface area contributed by atoms with Gasteiger partial charge in [0.05, 0.1) is 10.2 Å². The lowest BCUT2D eigenvalue weighted by Crippen LogP contribution is -2.19. The van der Waals surface area contributed by atoms with Gasteiger partial charge in [-0.15, -0.1) is 11.3 Å². The number of aromatic nitrogens is 1. The molecule has 1 N–H and O–H groups in total. The summed E-state index contributed by atoms with van der Waals surface area (Å²) in [6.45, 7) is 1.53. The fourth-order valence-corrected chi connectivity index (χ4v) is 3.95. The van der Waals surface area contributed by atoms with Crippen molar-refractivity contribution in [2.24, 2.45) is 0 Å². The number of anilines is 1. The van der Waals surface area contributed by atoms with Gasteiger partial charge < -0.3 is 15.0 Å². The van der Waals surface area contributed by atoms with Gasteiger partial charge in [-0.1, -0.05) is 18.2 Å². The normalized spacial score (nSPS) is 11.0. The molecule has 0 saturated carbocycles. The van der Waals surface area contributed by atoms with E-state index in [1.807, 2.05) is 74.8 Å². The number of carbonyl (C=O) groups excluding carboxylic acids is 1. The van der Waals surface area contributed by atoms with E-state index in [0.717, 1.165) is 38.8 Å². The van der Waals surface area contributed by atoms with E-state index in [0.29, 0.717) is 12.2 Å². The van der Waals surface area contributed by atoms with Gasteiger partial charge in [0.2, 0.25) is 0 Å². The van der Waals surface area contributed by atoms with Crippen molar-refractivity contribution in [3.63, 3.8) is 0 Å². The molecule has 0 aliphatic heterocycles. The molecule has 4 rings (SSSR count). The average Bonchev–Trinajstić information content (AvgIpc) is 3.18. The van der Waals surface area contributed by atoms with Crippen LogP contribution in [0.5, 0.6) is 5.75 Å². The van der Waals surface area contributed by atoms with E-state index in [9.17, 15) is 4.79 Å². The smallest absolute Gasteiger partial charge is 0.255 e. The summed E-state index contributed by atoms with van der Waals surface area (Å²) in [6, 6.07) is 22.9. The first-order chi connectivity index (χ1) is 14.6. The number of hydrogen-bond donors (Lipinski definition) is 1. The predicted molar refractivity (Wildman–Crippen MR) is 124 cm³/mol. The second-order valence-corrected chi connectivity index (χ2v) is 8.23. The van der Waals surface area contributed by atoms with Gasteiger partial charge in [-0.2, -0.15) is 0 Å². The number of nitrogens with zero attached hydrogens (tertiary/aromatic N) is 2. The Morgan fingerprint density at radius 1 is 1.03 bits per heavy atom. The highest BCUT2D eigenvalue weighted by Gasteiger charge is 2.09. The Kier molecular flexibility index (Phi) is 6.07. The van der Waals surface area contributed by atoms with Gasteiger partial charge in [0, 0.05) is 23.4 Å². The SMILES string of the molecule is CN(C)CCOc1ccc2nc(-c3ccc(NC(=O)c4ccccc4)cc3)sc2c1. The Hall–Kier alpha value is -3.22. The average molecular weight is 418 g/mol. The fourth-order valence-electron chi connectivity index (χ4n) is 2.95. The number of ether oxygens (including phenoxy) is 1. The summed E-state index contributed by atoms with van der Waals surface area (Å²) < 4.78 is 6.92. The number of nitrogens with one attached hydrogen (secondary N) is 1. The molecule has 5 nitrogen and oxygen atoms in total. The van der Waals surface area contributed by atoms with E-state index < -0.39 is 0 Å². The van der Waals surface area contributed by atoms with Gasteiger partial charge in [-0.3, -0.25) is 4.79 Å². The molecule has 0 aliphatic rings. The van der Waals surface area contributed by atoms with Crippen LogP contribution in [0.3, 0.4) is 0 Å². The number of rotatable bonds is 7. The maximum absolute atomic E-state index is 12.3. The molecule has 0 fully saturated rings. The minimum absolute atomic E-state index is 0.120. The standard InChI is InChI=1S/C24H23N3O2S/c1-27(2)14-15-29-20-12-13-21-22(16-20)30-24(26-21)18-8-10-19(11-9-18)25-23(28)17-6-4-3-5-7-17/h3-13,16H,14-15H2,1-2H3,(H,25,28). The zero-order valence-electron chi connectivity index (χ0n) is 17.0. The molecule has 152 valence electrons. The Labute approximate surface area is 179 Å². The quantitative estimate of drug-likeness (QED) is 0.451. The monoisotopic (exact) mass is 417 g/mol. The zero-order chi connectivity index (χ0) is 20.9. The Morgan fingerprint density at radius 2 is 1.80 bits per heavy atom. The Bertz CT molecular complexity index is 1140. The highest BCUT2D eigenvalue weighted by atomic mass is 32.1. The molecular weight excluding hydrogens is 394 g/mol. The van der Waals surface area contributed by atoms with Crippen LogP contribution in [0.2, 0.25) is 0 Å². The van der Waals surface area contributed by atoms with E-state index in [-0.39, 0.29) is 5.91 Å². The van der Waals surface area contributed by atoms with Crippen molar-refractivity contribution in [2.75, 3.05) is 32.6 Å². The van der Waals surface area contributed by atoms with E-state index in [1.54, 1.807) is 23.5 Å². The highest BCUT2D eigenvalue weighted by Crippen LogP contribution is 2.32. The molecule has 30 heavy (non-hydrogen) atoms. The topological polar surface area (TPSA) is 54.5 Å². The fraction of sp³-hybridized carbons (Fsp3) is 0.167. The molecule has 1 amide bonds. The van der Waals surface area contributed by atoms with Gasteiger partial charge in [-0.05, 0) is 68.7 Å². The largest absolute Gasteiger partial charge is 0.492 e. The molecule has 3 aromatic carbocycles. The highest BCUT2D eigenvalue weighted by molar-refractivity contribution is 7.21. The Balaban J connectivity index is 1.46. The molecular formula is C24H23N3O2S. The van der Waals surface area contributed by atoms with Gasteiger partial charge >= 0.3 is 0 Å². The molecule has 0 bridgehead atoms. The summed E-state index contributed by atoms with van der Waals surface area (Å²) in [5, 5.41) is 3.86. The van der Waals surface area contributed by atoms with Crippen molar-refractivity contribution in [3.05, 3.63) is 78.4 Å². The lowest BCUT2D eigenvalue weighted by atomic mass is 10.2. The van der Waals surface area contributed by atoms with Crippen LogP contribution in [0.4, 0.5) is 5.69 Å². The summed E-state index contributed by atoms with van der Waals surface area (Å²) in [7, 11) is 4.06. The van der Waals surface area contributed by atoms with Crippen molar-refractivity contribution in [3.8, 4) is 16.3 Å². The van der Waals surface area contributed by atoms with E-state index >= 15 is 0 Å². The third-order valence-electron chi connectivity index (χ3n) is 4.59. The van der Waals surface area contributed by atoms with Crippen LogP contribution >= 0.6 is 11.3 Å². The molecule has 6 heteroatoms. The number of hydrogen-bond acceptors (Lipinski definition) is 5. The van der Waals surface area contributed by atoms with Crippen LogP contribution in [0.15, 0.2) is 72.8 Å². The van der Waals surface area contributed by atoms with Crippen molar-refractivity contribution in [1.82, 2.24) is 9.88 Å². The van der Waals surface area contributed by atoms with Crippen LogP contribution in [0.25, 0.3) is 20.8 Å². The summed E-state index contributed by atoms with van der Waals surface area (Å²) in [5.74, 6) is 0.739. The predicted octanol–water partition coefficient (Wildman–Crippen LogP) is 5.16. The van der Waals surface area contributed by atoms with Crippen LogP contribution < -0.4 is 10.1 Å². The number of amides is 1. The first-order valence-electron chi connectivity index (χ1n) is 9.73. The minimum Gasteiger partial charge on any atom is -0.492 e. The lowest BCUT2D eigenvalue weighted by molar-refractivity contribution is 0.102. The van der Waals surface area contributed by atoms with E-state index in [4.69, 9.17) is 9.72 Å². The number of thiazole rings is 1. The van der Waals surface area contributed by atoms with Gasteiger partial charge in [-0.25, -0.2) is 4.98 Å². The number of likely N-dealkylation sites (N-methyl/N-ethyl adjacent to an activating group) is 1. The molecule has 0 spiro atoms. The number of carbonyl (C=O) groups is 1. The summed E-state index contributed by atoms with van der Waals surface area (Å²) >= 11 is 1.63. The third-order valence-corrected chi connectivity index (χ3v) is 5.66. The summed E-state index contributed by atoms with van der Waals surface area (Å²) in [5.41, 5.74) is 3.36. The maximum Gasteiger partial charge on any atom is 0.255 e. The van der Waals surface area contributed by atoms with Gasteiger partial charge in [0.1, 0.15) is 17.4 Å². The van der Waals surface area contributed by atoms with Crippen molar-refractivity contribution < 1.29 is 9.53 Å². The van der Waals surface area contributed by atoms with Gasteiger partial charge in [0.25, 0.3) is 5.91 Å². The van der Waals surface area contributed by atoms with Crippen LogP contribution in [-0.2, 0) is 0 Å². The summed E-state index contributed by atoms with van der Waals surface area (Å²) in [6.07, 6.45) is 0. The number of benzene rings is 3. The van der Waals surface area contributed by atoms with Crippen LogP contribution in [0.1, 0.15) is 10.4 Å². The molecule has 0 radical (unpaired) electrons. The lowest BCUT2D eigenvalue weighted by Gasteiger charge is -2.10. The molecule has 0 atom stereocenters. The van der Waals surface area contributed by atoms with Crippen LogP contribution in [0, 0.1) is 0 Å². The first-order valence-corrected chi connectivity index (χ1v) is 10.5. The summed E-state index contributed by atoms with van der Waals surface area (Å²) in [4.78, 5) is 19.1. The van der Waals surface area contributed by atoms with Gasteiger partial charge in [0.15, 0.2) is 0 Å². The van der Waals surface area contributed by atoms with Crippen molar-refractivity contribution in [2.45, 2.75) is 0 Å².